The lowest BCUT2D eigenvalue weighted by atomic mass is 10.3. The van der Waals surface area contributed by atoms with Crippen LogP contribution in [0.2, 0.25) is 5.02 Å². The van der Waals surface area contributed by atoms with Gasteiger partial charge in [0.05, 0.1) is 0 Å². The van der Waals surface area contributed by atoms with Gasteiger partial charge in [-0.05, 0) is 24.6 Å². The Labute approximate surface area is 127 Å². The number of amides is 1. The molecule has 0 aliphatic carbocycles. The number of unbranched alkanes of at least 4 members (excludes halogenated alkanes) is 1. The van der Waals surface area contributed by atoms with E-state index in [0.717, 1.165) is 12.8 Å². The second-order valence-corrected chi connectivity index (χ2v) is 6.99. The maximum Gasteiger partial charge on any atom is 0.265 e. The van der Waals surface area contributed by atoms with Crippen LogP contribution in [0, 0.1) is 0 Å². The molecule has 0 unspecified atom stereocenters. The SMILES string of the molecule is CCCCNC(=O)COc1ccc(Cl)cc1S(=O)(=O)Cl. The van der Waals surface area contributed by atoms with Crippen molar-refractivity contribution in [3.05, 3.63) is 23.2 Å². The van der Waals surface area contributed by atoms with Crippen molar-refractivity contribution >= 4 is 37.2 Å². The molecule has 0 aromatic heterocycles. The minimum Gasteiger partial charge on any atom is -0.482 e. The van der Waals surface area contributed by atoms with Crippen LogP contribution in [0.4, 0.5) is 0 Å². The smallest absolute Gasteiger partial charge is 0.265 e. The lowest BCUT2D eigenvalue weighted by Gasteiger charge is -2.10. The Morgan fingerprint density at radius 1 is 1.40 bits per heavy atom. The van der Waals surface area contributed by atoms with E-state index in [4.69, 9.17) is 27.0 Å². The minimum absolute atomic E-state index is 0.00459. The third-order valence-electron chi connectivity index (χ3n) is 2.38. The van der Waals surface area contributed by atoms with E-state index in [2.05, 4.69) is 5.32 Å². The van der Waals surface area contributed by atoms with Crippen LogP contribution in [0.3, 0.4) is 0 Å². The first kappa shape index (κ1) is 17.1. The molecule has 0 heterocycles. The van der Waals surface area contributed by atoms with Crippen LogP contribution in [0.25, 0.3) is 0 Å². The highest BCUT2D eigenvalue weighted by Crippen LogP contribution is 2.29. The van der Waals surface area contributed by atoms with Gasteiger partial charge < -0.3 is 10.1 Å². The highest BCUT2D eigenvalue weighted by molar-refractivity contribution is 8.13. The van der Waals surface area contributed by atoms with E-state index in [1.165, 1.54) is 18.2 Å². The molecule has 1 aromatic carbocycles. The summed E-state index contributed by atoms with van der Waals surface area (Å²) in [6, 6.07) is 3.99. The first-order chi connectivity index (χ1) is 9.34. The quantitative estimate of drug-likeness (QED) is 0.612. The number of halogens is 2. The van der Waals surface area contributed by atoms with Gasteiger partial charge in [-0.2, -0.15) is 0 Å². The van der Waals surface area contributed by atoms with Crippen molar-refractivity contribution in [3.8, 4) is 5.75 Å². The summed E-state index contributed by atoms with van der Waals surface area (Å²) in [5.41, 5.74) is 0. The molecule has 0 bridgehead atoms. The predicted molar refractivity (Wildman–Crippen MR) is 77.9 cm³/mol. The van der Waals surface area contributed by atoms with E-state index in [-0.39, 0.29) is 28.2 Å². The van der Waals surface area contributed by atoms with Gasteiger partial charge in [0.2, 0.25) is 0 Å². The van der Waals surface area contributed by atoms with Crippen molar-refractivity contribution in [2.45, 2.75) is 24.7 Å². The zero-order chi connectivity index (χ0) is 15.2. The molecule has 0 aliphatic heterocycles. The monoisotopic (exact) mass is 339 g/mol. The van der Waals surface area contributed by atoms with Crippen molar-refractivity contribution in [2.24, 2.45) is 0 Å². The number of nitrogens with one attached hydrogen (secondary N) is 1. The second-order valence-electron chi connectivity index (χ2n) is 4.02. The summed E-state index contributed by atoms with van der Waals surface area (Å²) in [5.74, 6) is -0.332. The molecule has 112 valence electrons. The van der Waals surface area contributed by atoms with E-state index in [1.807, 2.05) is 6.92 Å². The lowest BCUT2D eigenvalue weighted by molar-refractivity contribution is -0.123. The van der Waals surface area contributed by atoms with Gasteiger partial charge in [-0.1, -0.05) is 24.9 Å². The Morgan fingerprint density at radius 3 is 2.70 bits per heavy atom. The van der Waals surface area contributed by atoms with Crippen molar-refractivity contribution < 1.29 is 17.9 Å². The number of hydrogen-bond acceptors (Lipinski definition) is 4. The van der Waals surface area contributed by atoms with Gasteiger partial charge >= 0.3 is 0 Å². The fraction of sp³-hybridized carbons (Fsp3) is 0.417. The molecule has 1 rings (SSSR count). The molecule has 20 heavy (non-hydrogen) atoms. The van der Waals surface area contributed by atoms with Gasteiger partial charge in [-0.3, -0.25) is 4.79 Å². The molecule has 0 spiro atoms. The summed E-state index contributed by atoms with van der Waals surface area (Å²) in [6.45, 7) is 2.28. The number of carbonyl (C=O) groups excluding carboxylic acids is 1. The van der Waals surface area contributed by atoms with E-state index < -0.39 is 9.05 Å². The standard InChI is InChI=1S/C12H15Cl2NO4S/c1-2-3-6-15-12(16)8-19-10-5-4-9(13)7-11(10)20(14,17)18/h4-5,7H,2-3,6,8H2,1H3,(H,15,16). The molecule has 0 saturated heterocycles. The molecular weight excluding hydrogens is 325 g/mol. The Bertz CT molecular complexity index is 575. The highest BCUT2D eigenvalue weighted by Gasteiger charge is 2.18. The van der Waals surface area contributed by atoms with Crippen LogP contribution >= 0.6 is 22.3 Å². The number of rotatable bonds is 7. The van der Waals surface area contributed by atoms with Crippen molar-refractivity contribution in [1.29, 1.82) is 0 Å². The summed E-state index contributed by atoms with van der Waals surface area (Å²) in [7, 11) is 1.29. The molecule has 0 saturated carbocycles. The van der Waals surface area contributed by atoms with Gasteiger partial charge in [-0.15, -0.1) is 0 Å². The Morgan fingerprint density at radius 2 is 2.10 bits per heavy atom. The maximum absolute atomic E-state index is 11.5. The normalized spacial score (nSPS) is 11.2. The molecule has 1 amide bonds. The van der Waals surface area contributed by atoms with Gasteiger partial charge in [-0.25, -0.2) is 8.42 Å². The number of ether oxygens (including phenoxy) is 1. The lowest BCUT2D eigenvalue weighted by Crippen LogP contribution is -2.29. The first-order valence-electron chi connectivity index (χ1n) is 5.98. The summed E-state index contributed by atoms with van der Waals surface area (Å²) in [4.78, 5) is 11.2. The first-order valence-corrected chi connectivity index (χ1v) is 8.67. The molecule has 8 heteroatoms. The van der Waals surface area contributed by atoms with Gasteiger partial charge in [0.1, 0.15) is 10.6 Å². The number of hydrogen-bond donors (Lipinski definition) is 1. The molecule has 0 radical (unpaired) electrons. The zero-order valence-corrected chi connectivity index (χ0v) is 13.2. The average molecular weight is 340 g/mol. The van der Waals surface area contributed by atoms with E-state index in [1.54, 1.807) is 0 Å². The molecule has 0 fully saturated rings. The van der Waals surface area contributed by atoms with Crippen LogP contribution in [0.1, 0.15) is 19.8 Å². The topological polar surface area (TPSA) is 72.5 Å². The Balaban J connectivity index is 2.71. The average Bonchev–Trinajstić information content (AvgIpc) is 2.36. The van der Waals surface area contributed by atoms with Crippen LogP contribution < -0.4 is 10.1 Å². The fourth-order valence-corrected chi connectivity index (χ4v) is 2.62. The predicted octanol–water partition coefficient (Wildman–Crippen LogP) is 2.56. The van der Waals surface area contributed by atoms with Crippen LogP contribution in [0.5, 0.6) is 5.75 Å². The number of benzene rings is 1. The minimum atomic E-state index is -3.99. The van der Waals surface area contributed by atoms with E-state index in [9.17, 15) is 13.2 Å². The van der Waals surface area contributed by atoms with Gasteiger partial charge in [0, 0.05) is 22.2 Å². The summed E-state index contributed by atoms with van der Waals surface area (Å²) in [5, 5.41) is 2.86. The van der Waals surface area contributed by atoms with Crippen LogP contribution in [-0.2, 0) is 13.8 Å². The van der Waals surface area contributed by atoms with Crippen molar-refractivity contribution in [1.82, 2.24) is 5.32 Å². The fourth-order valence-electron chi connectivity index (χ4n) is 1.39. The Hall–Kier alpha value is -0.980. The van der Waals surface area contributed by atoms with E-state index in [0.29, 0.717) is 6.54 Å². The second kappa shape index (κ2) is 7.71. The van der Waals surface area contributed by atoms with Crippen molar-refractivity contribution in [3.63, 3.8) is 0 Å². The maximum atomic E-state index is 11.5. The molecule has 1 aromatic rings. The molecule has 0 atom stereocenters. The summed E-state index contributed by atoms with van der Waals surface area (Å²) >= 11 is 5.71. The van der Waals surface area contributed by atoms with Gasteiger partial charge in [0.15, 0.2) is 6.61 Å². The third kappa shape index (κ3) is 5.56. The zero-order valence-electron chi connectivity index (χ0n) is 10.9. The molecule has 0 aliphatic rings. The van der Waals surface area contributed by atoms with Crippen molar-refractivity contribution in [2.75, 3.05) is 13.2 Å². The third-order valence-corrected chi connectivity index (χ3v) is 3.96. The summed E-state index contributed by atoms with van der Waals surface area (Å²) < 4.78 is 28.0. The molecule has 1 N–H and O–H groups in total. The molecule has 5 nitrogen and oxygen atoms in total. The highest BCUT2D eigenvalue weighted by atomic mass is 35.7. The molecular formula is C12H15Cl2NO4S. The summed E-state index contributed by atoms with van der Waals surface area (Å²) in [6.07, 6.45) is 1.83. The largest absolute Gasteiger partial charge is 0.482 e. The van der Waals surface area contributed by atoms with Crippen LogP contribution in [-0.4, -0.2) is 27.5 Å². The Kier molecular flexibility index (Phi) is 6.58. The van der Waals surface area contributed by atoms with Crippen LogP contribution in [0.15, 0.2) is 23.1 Å². The van der Waals surface area contributed by atoms with E-state index >= 15 is 0 Å². The number of carbonyl (C=O) groups is 1. The van der Waals surface area contributed by atoms with Gasteiger partial charge in [0.25, 0.3) is 15.0 Å².